The largest absolute Gasteiger partial charge is 0.508 e. The number of phenolic OH excluding ortho intramolecular Hbond substituents is 1. The molecule has 0 radical (unpaired) electrons. The van der Waals surface area contributed by atoms with Crippen LogP contribution in [0, 0.1) is 5.92 Å². The van der Waals surface area contributed by atoms with Crippen molar-refractivity contribution >= 4 is 16.2 Å². The van der Waals surface area contributed by atoms with Crippen molar-refractivity contribution in [2.45, 2.75) is 13.3 Å². The van der Waals surface area contributed by atoms with E-state index in [0.717, 1.165) is 0 Å². The number of rotatable bonds is 3. The minimum absolute atomic E-state index is 0.0491. The van der Waals surface area contributed by atoms with Crippen molar-refractivity contribution in [2.24, 2.45) is 10.3 Å². The monoisotopic (exact) mass is 277 g/mol. The topological polar surface area (TPSA) is 66.7 Å². The van der Waals surface area contributed by atoms with Crippen LogP contribution in [0.25, 0.3) is 0 Å². The zero-order valence-electron chi connectivity index (χ0n) is 10.5. The second-order valence-electron chi connectivity index (χ2n) is 4.44. The van der Waals surface area contributed by atoms with Gasteiger partial charge in [-0.25, -0.2) is 0 Å². The lowest BCUT2D eigenvalue weighted by Crippen LogP contribution is -2.11. The smallest absolute Gasteiger partial charge is 0.278 e. The summed E-state index contributed by atoms with van der Waals surface area (Å²) in [6.07, 6.45) is 7.27. The molecule has 0 aliphatic heterocycles. The van der Waals surface area contributed by atoms with Gasteiger partial charge in [-0.3, -0.25) is 0 Å². The molecule has 5 heteroatoms. The van der Waals surface area contributed by atoms with Gasteiger partial charge in [0.2, 0.25) is 0 Å². The molecule has 1 N–H and O–H groups in total. The quantitative estimate of drug-likeness (QED) is 0.864. The Balaban J connectivity index is 2.24. The predicted octanol–water partition coefficient (Wildman–Crippen LogP) is 2.62. The molecule has 0 heterocycles. The van der Waals surface area contributed by atoms with Crippen LogP contribution in [-0.4, -0.2) is 19.7 Å². The second kappa shape index (κ2) is 5.40. The maximum absolute atomic E-state index is 12.1. The van der Waals surface area contributed by atoms with Crippen molar-refractivity contribution in [3.63, 3.8) is 0 Å². The van der Waals surface area contributed by atoms with E-state index < -0.39 is 10.0 Å². The molecule has 0 fully saturated rings. The molecule has 1 aliphatic carbocycles. The Morgan fingerprint density at radius 1 is 1.32 bits per heavy atom. The van der Waals surface area contributed by atoms with E-state index in [0.29, 0.717) is 16.9 Å². The molecule has 0 saturated heterocycles. The molecular formula is C14H15NO3S. The van der Waals surface area contributed by atoms with Crippen molar-refractivity contribution in [3.8, 4) is 5.75 Å². The number of aromatic hydroxyl groups is 1. The van der Waals surface area contributed by atoms with Gasteiger partial charge in [0.25, 0.3) is 10.0 Å². The third-order valence-corrected chi connectivity index (χ3v) is 4.42. The van der Waals surface area contributed by atoms with E-state index in [1.807, 2.05) is 13.0 Å². The summed E-state index contributed by atoms with van der Waals surface area (Å²) in [5.41, 5.74) is 0.626. The summed E-state index contributed by atoms with van der Waals surface area (Å²) in [6.45, 7) is 1.86. The lowest BCUT2D eigenvalue weighted by Gasteiger charge is -2.14. The van der Waals surface area contributed by atoms with Gasteiger partial charge in [-0.05, 0) is 48.2 Å². The minimum Gasteiger partial charge on any atom is -0.508 e. The van der Waals surface area contributed by atoms with Crippen molar-refractivity contribution in [3.05, 3.63) is 53.0 Å². The van der Waals surface area contributed by atoms with Crippen LogP contribution in [0.4, 0.5) is 0 Å². The van der Waals surface area contributed by atoms with Crippen LogP contribution in [0.5, 0.6) is 5.75 Å². The Morgan fingerprint density at radius 3 is 2.63 bits per heavy atom. The van der Waals surface area contributed by atoms with E-state index >= 15 is 0 Å². The molecule has 0 amide bonds. The number of nitrogens with zero attached hydrogens (tertiary/aromatic N) is 1. The highest BCUT2D eigenvalue weighted by Crippen LogP contribution is 2.25. The van der Waals surface area contributed by atoms with Crippen LogP contribution in [-0.2, 0) is 10.0 Å². The van der Waals surface area contributed by atoms with E-state index in [1.54, 1.807) is 24.3 Å². The molecule has 19 heavy (non-hydrogen) atoms. The standard InChI is InChI=1S/C14H15NO3S/c1-11-4-2-3-5-14(11)19(17,18)15-10-12-6-8-13(16)9-7-12/h2-3,5-11,16H,4H2,1H3. The van der Waals surface area contributed by atoms with Gasteiger partial charge in [-0.2, -0.15) is 12.8 Å². The van der Waals surface area contributed by atoms with Gasteiger partial charge < -0.3 is 5.11 Å². The van der Waals surface area contributed by atoms with Crippen molar-refractivity contribution in [2.75, 3.05) is 0 Å². The van der Waals surface area contributed by atoms with Gasteiger partial charge in [-0.1, -0.05) is 19.1 Å². The van der Waals surface area contributed by atoms with Gasteiger partial charge >= 0.3 is 0 Å². The van der Waals surface area contributed by atoms with Crippen LogP contribution in [0.2, 0.25) is 0 Å². The van der Waals surface area contributed by atoms with Crippen LogP contribution < -0.4 is 0 Å². The number of hydrogen-bond donors (Lipinski definition) is 1. The lowest BCUT2D eigenvalue weighted by atomic mass is 10.0. The van der Waals surface area contributed by atoms with Crippen LogP contribution >= 0.6 is 0 Å². The molecule has 2 rings (SSSR count). The summed E-state index contributed by atoms with van der Waals surface area (Å²) in [5.74, 6) is 0.0840. The molecule has 0 spiro atoms. The predicted molar refractivity (Wildman–Crippen MR) is 75.6 cm³/mol. The highest BCUT2D eigenvalue weighted by molar-refractivity contribution is 7.94. The Bertz CT molecular complexity index is 640. The molecule has 1 atom stereocenters. The van der Waals surface area contributed by atoms with Crippen LogP contribution in [0.3, 0.4) is 0 Å². The van der Waals surface area contributed by atoms with Crippen LogP contribution in [0.15, 0.2) is 51.8 Å². The Kier molecular flexibility index (Phi) is 3.85. The summed E-state index contributed by atoms with van der Waals surface area (Å²) in [5, 5.41) is 9.14. The lowest BCUT2D eigenvalue weighted by molar-refractivity contribution is 0.475. The first-order valence-electron chi connectivity index (χ1n) is 5.95. The average molecular weight is 277 g/mol. The molecule has 1 aromatic carbocycles. The molecule has 0 saturated carbocycles. The molecule has 100 valence electrons. The molecule has 0 aromatic heterocycles. The van der Waals surface area contributed by atoms with E-state index in [4.69, 9.17) is 5.11 Å². The number of hydrogen-bond acceptors (Lipinski definition) is 3. The van der Waals surface area contributed by atoms with Gasteiger partial charge in [0.1, 0.15) is 5.75 Å². The Hall–Kier alpha value is -1.88. The first-order chi connectivity index (χ1) is 8.99. The number of sulfonamides is 1. The number of benzene rings is 1. The van der Waals surface area contributed by atoms with E-state index in [2.05, 4.69) is 4.40 Å². The second-order valence-corrected chi connectivity index (χ2v) is 6.07. The van der Waals surface area contributed by atoms with Crippen molar-refractivity contribution < 1.29 is 13.5 Å². The van der Waals surface area contributed by atoms with E-state index in [1.165, 1.54) is 18.3 Å². The van der Waals surface area contributed by atoms with Gasteiger partial charge in [0.15, 0.2) is 0 Å². The molecule has 0 bridgehead atoms. The fraction of sp³-hybridized carbons (Fsp3) is 0.214. The number of allylic oxidation sites excluding steroid dienone is 4. The molecule has 1 unspecified atom stereocenters. The van der Waals surface area contributed by atoms with Gasteiger partial charge in [-0.15, -0.1) is 0 Å². The zero-order valence-corrected chi connectivity index (χ0v) is 11.3. The van der Waals surface area contributed by atoms with E-state index in [-0.39, 0.29) is 11.7 Å². The Labute approximate surface area is 112 Å². The van der Waals surface area contributed by atoms with Gasteiger partial charge in [0.05, 0.1) is 4.91 Å². The summed E-state index contributed by atoms with van der Waals surface area (Å²) in [6, 6.07) is 6.18. The minimum atomic E-state index is -3.62. The van der Waals surface area contributed by atoms with Crippen molar-refractivity contribution in [1.82, 2.24) is 0 Å². The number of phenols is 1. The molecule has 4 nitrogen and oxygen atoms in total. The highest BCUT2D eigenvalue weighted by atomic mass is 32.2. The SMILES string of the molecule is CC1CC=CC=C1S(=O)(=O)N=Cc1ccc(O)cc1. The molecular weight excluding hydrogens is 262 g/mol. The van der Waals surface area contributed by atoms with Crippen LogP contribution in [0.1, 0.15) is 18.9 Å². The van der Waals surface area contributed by atoms with Gasteiger partial charge in [0, 0.05) is 6.21 Å². The fourth-order valence-corrected chi connectivity index (χ4v) is 3.06. The first kappa shape index (κ1) is 13.5. The summed E-state index contributed by atoms with van der Waals surface area (Å²) in [4.78, 5) is 0.338. The maximum Gasteiger partial charge on any atom is 0.278 e. The first-order valence-corrected chi connectivity index (χ1v) is 7.39. The Morgan fingerprint density at radius 2 is 2.00 bits per heavy atom. The summed E-state index contributed by atoms with van der Waals surface area (Å²) < 4.78 is 27.9. The third kappa shape index (κ3) is 3.32. The normalized spacial score (nSPS) is 19.6. The third-order valence-electron chi connectivity index (χ3n) is 2.90. The molecule has 1 aliphatic rings. The van der Waals surface area contributed by atoms with Crippen molar-refractivity contribution in [1.29, 1.82) is 0 Å². The summed E-state index contributed by atoms with van der Waals surface area (Å²) >= 11 is 0. The zero-order chi connectivity index (χ0) is 13.9. The maximum atomic E-state index is 12.1. The fourth-order valence-electron chi connectivity index (χ4n) is 1.82. The highest BCUT2D eigenvalue weighted by Gasteiger charge is 2.22. The molecule has 1 aromatic rings. The van der Waals surface area contributed by atoms with E-state index in [9.17, 15) is 8.42 Å². The average Bonchev–Trinajstić information content (AvgIpc) is 2.38. The summed E-state index contributed by atoms with van der Waals surface area (Å²) in [7, 11) is -3.62.